The fourth-order valence-electron chi connectivity index (χ4n) is 4.29. The van der Waals surface area contributed by atoms with Gasteiger partial charge in [-0.15, -0.1) is 0 Å². The van der Waals surface area contributed by atoms with Crippen molar-refractivity contribution in [3.63, 3.8) is 0 Å². The minimum absolute atomic E-state index is 0.0618. The van der Waals surface area contributed by atoms with Crippen molar-refractivity contribution in [3.8, 4) is 0 Å². The van der Waals surface area contributed by atoms with Crippen molar-refractivity contribution in [2.24, 2.45) is 5.92 Å². The lowest BCUT2D eigenvalue weighted by atomic mass is 9.88. The third kappa shape index (κ3) is 5.73. The highest BCUT2D eigenvalue weighted by molar-refractivity contribution is 5.89. The summed E-state index contributed by atoms with van der Waals surface area (Å²) in [5.74, 6) is 0.518. The summed E-state index contributed by atoms with van der Waals surface area (Å²) in [6, 6.07) is 8.10. The molecule has 0 spiro atoms. The zero-order valence-electron chi connectivity index (χ0n) is 17.3. The molecule has 2 aliphatic rings. The van der Waals surface area contributed by atoms with E-state index >= 15 is 0 Å². The van der Waals surface area contributed by atoms with Crippen molar-refractivity contribution in [1.29, 1.82) is 0 Å². The van der Waals surface area contributed by atoms with Gasteiger partial charge in [-0.05, 0) is 49.8 Å². The largest absolute Gasteiger partial charge is 0.341 e. The zero-order valence-corrected chi connectivity index (χ0v) is 17.3. The van der Waals surface area contributed by atoms with E-state index in [0.717, 1.165) is 37.9 Å². The van der Waals surface area contributed by atoms with Crippen molar-refractivity contribution < 1.29 is 9.59 Å². The molecule has 3 rings (SSSR count). The summed E-state index contributed by atoms with van der Waals surface area (Å²) < 4.78 is 0. The number of aryl methyl sites for hydroxylation is 1. The molecule has 5 nitrogen and oxygen atoms in total. The van der Waals surface area contributed by atoms with Gasteiger partial charge in [-0.1, -0.05) is 44.7 Å². The first-order valence-electron chi connectivity index (χ1n) is 11.1. The van der Waals surface area contributed by atoms with Crippen LogP contribution in [0.25, 0.3) is 0 Å². The topological polar surface area (TPSA) is 52.7 Å². The number of nitrogens with one attached hydrogen (secondary N) is 1. The van der Waals surface area contributed by atoms with Crippen LogP contribution in [0.3, 0.4) is 0 Å². The van der Waals surface area contributed by atoms with Gasteiger partial charge in [0, 0.05) is 37.8 Å². The van der Waals surface area contributed by atoms with Gasteiger partial charge < -0.3 is 15.1 Å². The van der Waals surface area contributed by atoms with Crippen LogP contribution in [-0.2, 0) is 11.2 Å². The van der Waals surface area contributed by atoms with Crippen LogP contribution in [0.15, 0.2) is 24.3 Å². The highest BCUT2D eigenvalue weighted by Gasteiger charge is 2.28. The van der Waals surface area contributed by atoms with Crippen molar-refractivity contribution in [2.45, 2.75) is 64.7 Å². The highest BCUT2D eigenvalue weighted by atomic mass is 16.2. The van der Waals surface area contributed by atoms with Crippen LogP contribution in [-0.4, -0.2) is 47.9 Å². The fourth-order valence-corrected chi connectivity index (χ4v) is 4.29. The Bertz CT molecular complexity index is 638. The smallest absolute Gasteiger partial charge is 0.321 e. The lowest BCUT2D eigenvalue weighted by Crippen LogP contribution is -2.41. The molecule has 5 heteroatoms. The molecule has 0 unspecified atom stereocenters. The second kappa shape index (κ2) is 10.5. The van der Waals surface area contributed by atoms with Gasteiger partial charge in [0.2, 0.25) is 5.91 Å². The molecule has 1 aromatic carbocycles. The predicted octanol–water partition coefficient (Wildman–Crippen LogP) is 4.68. The number of rotatable bonds is 5. The van der Waals surface area contributed by atoms with Gasteiger partial charge in [0.05, 0.1) is 0 Å². The molecule has 1 saturated carbocycles. The molecule has 3 amide bonds. The molecule has 0 radical (unpaired) electrons. The molecule has 2 fully saturated rings. The van der Waals surface area contributed by atoms with Gasteiger partial charge in [-0.25, -0.2) is 4.79 Å². The van der Waals surface area contributed by atoms with E-state index in [-0.39, 0.29) is 11.9 Å². The maximum Gasteiger partial charge on any atom is 0.321 e. The molecular formula is C23H35N3O2. The van der Waals surface area contributed by atoms with E-state index in [1.54, 1.807) is 0 Å². The highest BCUT2D eigenvalue weighted by Crippen LogP contribution is 2.26. The second-order valence-corrected chi connectivity index (χ2v) is 8.23. The van der Waals surface area contributed by atoms with Crippen molar-refractivity contribution in [2.75, 3.05) is 31.5 Å². The molecule has 28 heavy (non-hydrogen) atoms. The number of anilines is 1. The summed E-state index contributed by atoms with van der Waals surface area (Å²) in [6.45, 7) is 4.93. The number of unbranched alkanes of at least 4 members (excludes halogenated alkanes) is 1. The normalized spacial score (nSPS) is 18.6. The Labute approximate surface area is 169 Å². The number of urea groups is 1. The maximum atomic E-state index is 12.8. The van der Waals surface area contributed by atoms with Crippen LogP contribution in [0, 0.1) is 5.92 Å². The number of hydrogen-bond acceptors (Lipinski definition) is 2. The Kier molecular flexibility index (Phi) is 7.75. The summed E-state index contributed by atoms with van der Waals surface area (Å²) >= 11 is 0. The van der Waals surface area contributed by atoms with Crippen LogP contribution in [0.1, 0.15) is 63.9 Å². The summed E-state index contributed by atoms with van der Waals surface area (Å²) in [7, 11) is 0. The predicted molar refractivity (Wildman–Crippen MR) is 113 cm³/mol. The maximum absolute atomic E-state index is 12.8. The van der Waals surface area contributed by atoms with E-state index < -0.39 is 0 Å². The van der Waals surface area contributed by atoms with Gasteiger partial charge in [-0.3, -0.25) is 4.79 Å². The van der Waals surface area contributed by atoms with Crippen molar-refractivity contribution >= 4 is 17.6 Å². The number of amides is 3. The number of benzene rings is 1. The number of carbonyl (C=O) groups excluding carboxylic acids is 2. The Morgan fingerprint density at radius 3 is 2.32 bits per heavy atom. The third-order valence-corrected chi connectivity index (χ3v) is 6.07. The molecule has 0 bridgehead atoms. The minimum atomic E-state index is -0.0618. The molecule has 1 heterocycles. The monoisotopic (exact) mass is 385 g/mol. The van der Waals surface area contributed by atoms with E-state index in [4.69, 9.17) is 0 Å². The van der Waals surface area contributed by atoms with Crippen LogP contribution < -0.4 is 5.32 Å². The standard InChI is InChI=1S/C23H35N3O2/c1-2-3-8-19-11-13-21(14-12-19)24-23(28)26-16-7-15-25(17-18-26)22(27)20-9-5-4-6-10-20/h11-14,20H,2-10,15-18H2,1H3,(H,24,28). The van der Waals surface area contributed by atoms with E-state index in [0.29, 0.717) is 25.5 Å². The van der Waals surface area contributed by atoms with E-state index in [1.807, 2.05) is 21.9 Å². The number of carbonyl (C=O) groups is 2. The summed E-state index contributed by atoms with van der Waals surface area (Å²) in [5.41, 5.74) is 2.15. The summed E-state index contributed by atoms with van der Waals surface area (Å²) in [4.78, 5) is 29.3. The quantitative estimate of drug-likeness (QED) is 0.800. The first-order chi connectivity index (χ1) is 13.7. The zero-order chi connectivity index (χ0) is 19.8. The first kappa shape index (κ1) is 20.7. The molecule has 1 aromatic rings. The van der Waals surface area contributed by atoms with Crippen molar-refractivity contribution in [3.05, 3.63) is 29.8 Å². The number of nitrogens with zero attached hydrogens (tertiary/aromatic N) is 2. The van der Waals surface area contributed by atoms with E-state index in [1.165, 1.54) is 37.7 Å². The van der Waals surface area contributed by atoms with Gasteiger partial charge in [0.15, 0.2) is 0 Å². The van der Waals surface area contributed by atoms with Gasteiger partial charge in [-0.2, -0.15) is 0 Å². The Morgan fingerprint density at radius 2 is 1.61 bits per heavy atom. The molecular weight excluding hydrogens is 350 g/mol. The molecule has 1 N–H and O–H groups in total. The van der Waals surface area contributed by atoms with Crippen molar-refractivity contribution in [1.82, 2.24) is 9.80 Å². The second-order valence-electron chi connectivity index (χ2n) is 8.23. The average molecular weight is 386 g/mol. The van der Waals surface area contributed by atoms with Gasteiger partial charge in [0.1, 0.15) is 0 Å². The molecule has 154 valence electrons. The average Bonchev–Trinajstić information content (AvgIpc) is 3.00. The van der Waals surface area contributed by atoms with Crippen LogP contribution >= 0.6 is 0 Å². The first-order valence-corrected chi connectivity index (χ1v) is 11.1. The fraction of sp³-hybridized carbons (Fsp3) is 0.652. The molecule has 1 aliphatic heterocycles. The van der Waals surface area contributed by atoms with E-state index in [2.05, 4.69) is 24.4 Å². The van der Waals surface area contributed by atoms with E-state index in [9.17, 15) is 9.59 Å². The minimum Gasteiger partial charge on any atom is -0.341 e. The van der Waals surface area contributed by atoms with Gasteiger partial charge in [0.25, 0.3) is 0 Å². The number of hydrogen-bond donors (Lipinski definition) is 1. The lowest BCUT2D eigenvalue weighted by molar-refractivity contribution is -0.136. The SMILES string of the molecule is CCCCc1ccc(NC(=O)N2CCCN(C(=O)C3CCCCC3)CC2)cc1. The lowest BCUT2D eigenvalue weighted by Gasteiger charge is -2.28. The van der Waals surface area contributed by atoms with Gasteiger partial charge >= 0.3 is 6.03 Å². The Hall–Kier alpha value is -2.04. The molecule has 1 aliphatic carbocycles. The van der Waals surface area contributed by atoms with Crippen LogP contribution in [0.2, 0.25) is 0 Å². The Morgan fingerprint density at radius 1 is 0.929 bits per heavy atom. The third-order valence-electron chi connectivity index (χ3n) is 6.07. The summed E-state index contributed by atoms with van der Waals surface area (Å²) in [6.07, 6.45) is 10.00. The summed E-state index contributed by atoms with van der Waals surface area (Å²) in [5, 5.41) is 3.01. The molecule has 0 aromatic heterocycles. The molecule has 0 atom stereocenters. The molecule has 1 saturated heterocycles. The van der Waals surface area contributed by atoms with Crippen LogP contribution in [0.5, 0.6) is 0 Å². The van der Waals surface area contributed by atoms with Crippen LogP contribution in [0.4, 0.5) is 10.5 Å². The Balaban J connectivity index is 1.49.